The zero-order valence-corrected chi connectivity index (χ0v) is 16.4. The summed E-state index contributed by atoms with van der Waals surface area (Å²) in [4.78, 5) is 15.7. The van der Waals surface area contributed by atoms with Gasteiger partial charge in [0.05, 0.1) is 0 Å². The summed E-state index contributed by atoms with van der Waals surface area (Å²) >= 11 is 2.02. The highest BCUT2D eigenvalue weighted by atomic mass is 32.2. The second-order valence-corrected chi connectivity index (χ2v) is 8.55. The van der Waals surface area contributed by atoms with Crippen LogP contribution in [0.5, 0.6) is 0 Å². The summed E-state index contributed by atoms with van der Waals surface area (Å²) in [6, 6.07) is 5.62. The molecule has 0 atom stereocenters. The summed E-state index contributed by atoms with van der Waals surface area (Å²) in [5, 5.41) is 7.44. The first-order chi connectivity index (χ1) is 12.6. The maximum atomic E-state index is 5.30. The Bertz CT molecular complexity index is 730. The predicted molar refractivity (Wildman–Crippen MR) is 105 cm³/mol. The van der Waals surface area contributed by atoms with Crippen LogP contribution < -0.4 is 5.32 Å². The van der Waals surface area contributed by atoms with Gasteiger partial charge in [-0.3, -0.25) is 9.98 Å². The third-order valence-electron chi connectivity index (χ3n) is 4.01. The smallest absolute Gasteiger partial charge is 0.276 e. The van der Waals surface area contributed by atoms with E-state index in [1.165, 1.54) is 0 Å². The molecular weight excluding hydrogens is 348 g/mol. The molecule has 140 valence electrons. The number of nitrogens with zero attached hydrogens (tertiary/aromatic N) is 5. The van der Waals surface area contributed by atoms with Crippen LogP contribution in [0.25, 0.3) is 11.6 Å². The molecule has 0 aliphatic carbocycles. The van der Waals surface area contributed by atoms with Gasteiger partial charge in [0, 0.05) is 49.3 Å². The highest BCUT2D eigenvalue weighted by Crippen LogP contribution is 2.29. The molecule has 8 heteroatoms. The van der Waals surface area contributed by atoms with E-state index in [-0.39, 0.29) is 4.75 Å². The van der Waals surface area contributed by atoms with Crippen LogP contribution in [-0.4, -0.2) is 62.7 Å². The van der Waals surface area contributed by atoms with Crippen LogP contribution in [0.4, 0.5) is 0 Å². The van der Waals surface area contributed by atoms with E-state index in [2.05, 4.69) is 46.1 Å². The topological polar surface area (TPSA) is 79.4 Å². The Hall–Kier alpha value is -2.09. The number of guanidine groups is 1. The second-order valence-electron chi connectivity index (χ2n) is 6.75. The molecule has 1 fully saturated rings. The van der Waals surface area contributed by atoms with Crippen molar-refractivity contribution in [1.29, 1.82) is 0 Å². The van der Waals surface area contributed by atoms with Crippen molar-refractivity contribution in [1.82, 2.24) is 25.3 Å². The maximum Gasteiger partial charge on any atom is 0.276 e. The first kappa shape index (κ1) is 18.7. The number of rotatable bonds is 5. The summed E-state index contributed by atoms with van der Waals surface area (Å²) in [6.07, 6.45) is 2.35. The lowest BCUT2D eigenvalue weighted by atomic mass is 10.2. The minimum Gasteiger partial charge on any atom is -0.357 e. The van der Waals surface area contributed by atoms with Crippen LogP contribution in [-0.2, 0) is 6.42 Å². The van der Waals surface area contributed by atoms with Gasteiger partial charge in [-0.25, -0.2) is 0 Å². The first-order valence-corrected chi connectivity index (χ1v) is 9.97. The van der Waals surface area contributed by atoms with Crippen molar-refractivity contribution in [3.8, 4) is 11.6 Å². The molecule has 2 aromatic heterocycles. The zero-order valence-electron chi connectivity index (χ0n) is 15.6. The van der Waals surface area contributed by atoms with Crippen LogP contribution in [0.1, 0.15) is 26.6 Å². The van der Waals surface area contributed by atoms with E-state index in [0.29, 0.717) is 30.4 Å². The van der Waals surface area contributed by atoms with E-state index in [1.807, 2.05) is 30.0 Å². The Morgan fingerprint density at radius 3 is 3.04 bits per heavy atom. The summed E-state index contributed by atoms with van der Waals surface area (Å²) in [7, 11) is 0. The van der Waals surface area contributed by atoms with E-state index in [4.69, 9.17) is 9.52 Å². The molecule has 2 aromatic rings. The average molecular weight is 375 g/mol. The summed E-state index contributed by atoms with van der Waals surface area (Å²) < 4.78 is 5.55. The average Bonchev–Trinajstić information content (AvgIpc) is 3.10. The van der Waals surface area contributed by atoms with Crippen LogP contribution in [0.2, 0.25) is 0 Å². The molecule has 0 spiro atoms. The van der Waals surface area contributed by atoms with Gasteiger partial charge in [0.2, 0.25) is 0 Å². The van der Waals surface area contributed by atoms with E-state index < -0.39 is 0 Å². The van der Waals surface area contributed by atoms with Crippen molar-refractivity contribution in [2.24, 2.45) is 4.99 Å². The lowest BCUT2D eigenvalue weighted by Crippen LogP contribution is -2.51. The molecule has 0 bridgehead atoms. The molecular formula is C18H26N6OS. The van der Waals surface area contributed by atoms with Gasteiger partial charge in [0.25, 0.3) is 5.89 Å². The molecule has 1 saturated heterocycles. The largest absolute Gasteiger partial charge is 0.357 e. The fraction of sp³-hybridized carbons (Fsp3) is 0.556. The zero-order chi connectivity index (χ0) is 18.4. The third kappa shape index (κ3) is 4.97. The number of thioether (sulfide) groups is 1. The standard InChI is InChI=1S/C18H26N6OS/c1-4-19-17(24-11-12-26-18(2,3)13-24)21-10-8-15-22-16(25-23-15)14-7-5-6-9-20-14/h5-7,9H,4,8,10-13H2,1-3H3,(H,19,21). The molecule has 1 aliphatic heterocycles. The van der Waals surface area contributed by atoms with Crippen LogP contribution in [0.15, 0.2) is 33.9 Å². The Morgan fingerprint density at radius 1 is 1.42 bits per heavy atom. The third-order valence-corrected chi connectivity index (χ3v) is 5.31. The first-order valence-electron chi connectivity index (χ1n) is 8.98. The Morgan fingerprint density at radius 2 is 2.31 bits per heavy atom. The monoisotopic (exact) mass is 374 g/mol. The van der Waals surface area contributed by atoms with Crippen molar-refractivity contribution >= 4 is 17.7 Å². The van der Waals surface area contributed by atoms with E-state index >= 15 is 0 Å². The minimum atomic E-state index is 0.250. The van der Waals surface area contributed by atoms with Gasteiger partial charge in [-0.05, 0) is 32.9 Å². The van der Waals surface area contributed by atoms with E-state index in [1.54, 1.807) is 6.20 Å². The predicted octanol–water partition coefficient (Wildman–Crippen LogP) is 2.47. The van der Waals surface area contributed by atoms with Gasteiger partial charge in [-0.1, -0.05) is 11.2 Å². The highest BCUT2D eigenvalue weighted by Gasteiger charge is 2.28. The van der Waals surface area contributed by atoms with Gasteiger partial charge < -0.3 is 14.7 Å². The molecule has 0 aromatic carbocycles. The molecule has 3 rings (SSSR count). The second kappa shape index (κ2) is 8.53. The molecule has 3 heterocycles. The SMILES string of the molecule is CCNC(=NCCc1noc(-c2ccccn2)n1)N1CCSC(C)(C)C1. The van der Waals surface area contributed by atoms with Crippen molar-refractivity contribution in [2.45, 2.75) is 31.9 Å². The number of aliphatic imine (C=N–C) groups is 1. The van der Waals surface area contributed by atoms with Gasteiger partial charge in [-0.2, -0.15) is 16.7 Å². The van der Waals surface area contributed by atoms with E-state index in [9.17, 15) is 0 Å². The van der Waals surface area contributed by atoms with Crippen LogP contribution >= 0.6 is 11.8 Å². The van der Waals surface area contributed by atoms with E-state index in [0.717, 1.165) is 31.3 Å². The Kier molecular flexibility index (Phi) is 6.13. The molecule has 7 nitrogen and oxygen atoms in total. The van der Waals surface area contributed by atoms with Gasteiger partial charge >= 0.3 is 0 Å². The molecule has 0 amide bonds. The normalized spacial score (nSPS) is 17.3. The summed E-state index contributed by atoms with van der Waals surface area (Å²) in [5.41, 5.74) is 0.691. The number of aromatic nitrogens is 3. The summed E-state index contributed by atoms with van der Waals surface area (Å²) in [6.45, 7) is 10.2. The quantitative estimate of drug-likeness (QED) is 0.636. The number of nitrogens with one attached hydrogen (secondary N) is 1. The lowest BCUT2D eigenvalue weighted by Gasteiger charge is -2.39. The van der Waals surface area contributed by atoms with Crippen molar-refractivity contribution in [2.75, 3.05) is 31.9 Å². The Balaban J connectivity index is 1.61. The fourth-order valence-corrected chi connectivity index (χ4v) is 3.95. The van der Waals surface area contributed by atoms with Crippen molar-refractivity contribution < 1.29 is 4.52 Å². The van der Waals surface area contributed by atoms with Crippen LogP contribution in [0, 0.1) is 0 Å². The van der Waals surface area contributed by atoms with Gasteiger partial charge in [0.15, 0.2) is 11.8 Å². The van der Waals surface area contributed by atoms with Crippen LogP contribution in [0.3, 0.4) is 0 Å². The Labute approximate surface area is 158 Å². The molecule has 0 saturated carbocycles. The number of hydrogen-bond acceptors (Lipinski definition) is 6. The number of pyridine rings is 1. The highest BCUT2D eigenvalue weighted by molar-refractivity contribution is 8.00. The molecule has 26 heavy (non-hydrogen) atoms. The summed E-state index contributed by atoms with van der Waals surface area (Å²) in [5.74, 6) is 3.19. The van der Waals surface area contributed by atoms with Crippen molar-refractivity contribution in [3.05, 3.63) is 30.2 Å². The minimum absolute atomic E-state index is 0.250. The van der Waals surface area contributed by atoms with Crippen molar-refractivity contribution in [3.63, 3.8) is 0 Å². The lowest BCUT2D eigenvalue weighted by molar-refractivity contribution is 0.376. The fourth-order valence-electron chi connectivity index (χ4n) is 2.83. The van der Waals surface area contributed by atoms with Gasteiger partial charge in [-0.15, -0.1) is 0 Å². The molecule has 0 unspecified atom stereocenters. The molecule has 1 N–H and O–H groups in total. The molecule has 1 aliphatic rings. The molecule has 0 radical (unpaired) electrons. The maximum absolute atomic E-state index is 5.30. The van der Waals surface area contributed by atoms with Gasteiger partial charge in [0.1, 0.15) is 5.69 Å². The number of hydrogen-bond donors (Lipinski definition) is 1.